The minimum Gasteiger partial charge on any atom is -0.479 e. The zero-order chi connectivity index (χ0) is 23.4. The molecule has 1 aromatic carbocycles. The number of halogens is 2. The molecule has 0 N–H and O–H groups in total. The Balaban J connectivity index is 1.76. The summed E-state index contributed by atoms with van der Waals surface area (Å²) >= 11 is 13.1. The van der Waals surface area contributed by atoms with Gasteiger partial charge in [-0.15, -0.1) is 0 Å². The molecule has 2 heterocycles. The SMILES string of the molecule is COC(=O)COc1c(Cl)cc(C=C2SC(=O)N(Cc3ccc(C(=O)OC)o3)C2=O)cc1Cl. The van der Waals surface area contributed by atoms with Crippen molar-refractivity contribution in [3.05, 3.63) is 56.3 Å². The largest absolute Gasteiger partial charge is 0.479 e. The molecule has 1 saturated heterocycles. The Morgan fingerprint density at radius 3 is 2.44 bits per heavy atom. The summed E-state index contributed by atoms with van der Waals surface area (Å²) in [4.78, 5) is 48.9. The first-order chi connectivity index (χ1) is 15.2. The maximum atomic E-state index is 12.7. The second-order valence-electron chi connectivity index (χ2n) is 6.20. The highest BCUT2D eigenvalue weighted by molar-refractivity contribution is 8.18. The molecule has 1 fully saturated rings. The summed E-state index contributed by atoms with van der Waals surface area (Å²) in [5.74, 6) is -1.53. The summed E-state index contributed by atoms with van der Waals surface area (Å²) in [5.41, 5.74) is 0.446. The van der Waals surface area contributed by atoms with Crippen LogP contribution in [0.4, 0.5) is 4.79 Å². The zero-order valence-corrected chi connectivity index (χ0v) is 19.0. The molecule has 0 bridgehead atoms. The number of furan rings is 1. The van der Waals surface area contributed by atoms with Gasteiger partial charge in [0.05, 0.1) is 35.7 Å². The van der Waals surface area contributed by atoms with Crippen molar-refractivity contribution in [1.82, 2.24) is 4.90 Å². The number of imide groups is 1. The van der Waals surface area contributed by atoms with Crippen LogP contribution < -0.4 is 4.74 Å². The predicted octanol–water partition coefficient (Wildman–Crippen LogP) is 4.16. The number of amides is 2. The molecule has 12 heteroatoms. The first-order valence-electron chi connectivity index (χ1n) is 8.84. The monoisotopic (exact) mass is 499 g/mol. The smallest absolute Gasteiger partial charge is 0.373 e. The molecule has 1 aliphatic rings. The van der Waals surface area contributed by atoms with Crippen molar-refractivity contribution < 1.29 is 37.8 Å². The Kier molecular flexibility index (Phi) is 7.49. The second-order valence-corrected chi connectivity index (χ2v) is 8.01. The molecule has 32 heavy (non-hydrogen) atoms. The van der Waals surface area contributed by atoms with E-state index in [1.165, 1.54) is 44.6 Å². The van der Waals surface area contributed by atoms with E-state index in [0.717, 1.165) is 16.7 Å². The number of nitrogens with zero attached hydrogens (tertiary/aromatic N) is 1. The molecule has 9 nitrogen and oxygen atoms in total. The van der Waals surface area contributed by atoms with E-state index in [1.807, 2.05) is 0 Å². The van der Waals surface area contributed by atoms with Gasteiger partial charge >= 0.3 is 11.9 Å². The van der Waals surface area contributed by atoms with Gasteiger partial charge < -0.3 is 18.6 Å². The van der Waals surface area contributed by atoms with Gasteiger partial charge in [-0.3, -0.25) is 14.5 Å². The summed E-state index contributed by atoms with van der Waals surface area (Å²) in [5, 5.41) is -0.289. The molecule has 3 rings (SSSR count). The van der Waals surface area contributed by atoms with Crippen LogP contribution in [-0.2, 0) is 25.6 Å². The zero-order valence-electron chi connectivity index (χ0n) is 16.7. The van der Waals surface area contributed by atoms with Crippen molar-refractivity contribution >= 4 is 64.1 Å². The average Bonchev–Trinajstić information content (AvgIpc) is 3.33. The first kappa shape index (κ1) is 23.7. The lowest BCUT2D eigenvalue weighted by Crippen LogP contribution is -2.27. The molecule has 0 radical (unpaired) electrons. The van der Waals surface area contributed by atoms with Crippen LogP contribution in [0.2, 0.25) is 10.0 Å². The van der Waals surface area contributed by atoms with E-state index in [2.05, 4.69) is 9.47 Å². The molecule has 0 saturated carbocycles. The number of thioether (sulfide) groups is 1. The van der Waals surface area contributed by atoms with Crippen molar-refractivity contribution in [2.24, 2.45) is 0 Å². The number of rotatable bonds is 7. The first-order valence-corrected chi connectivity index (χ1v) is 10.4. The topological polar surface area (TPSA) is 112 Å². The van der Waals surface area contributed by atoms with Crippen molar-refractivity contribution in [3.8, 4) is 5.75 Å². The second kappa shape index (κ2) is 10.1. The summed E-state index contributed by atoms with van der Waals surface area (Å²) in [6.07, 6.45) is 1.45. The molecular weight excluding hydrogens is 485 g/mol. The van der Waals surface area contributed by atoms with Crippen molar-refractivity contribution in [2.45, 2.75) is 6.54 Å². The Morgan fingerprint density at radius 2 is 1.81 bits per heavy atom. The Labute approximate surface area is 196 Å². The Hall–Kier alpha value is -2.95. The minimum absolute atomic E-state index is 0.0381. The average molecular weight is 500 g/mol. The lowest BCUT2D eigenvalue weighted by molar-refractivity contribution is -0.142. The highest BCUT2D eigenvalue weighted by Gasteiger charge is 2.36. The van der Waals surface area contributed by atoms with Gasteiger partial charge in [0.25, 0.3) is 11.1 Å². The van der Waals surface area contributed by atoms with E-state index in [4.69, 9.17) is 32.4 Å². The van der Waals surface area contributed by atoms with Crippen LogP contribution in [0.5, 0.6) is 5.75 Å². The van der Waals surface area contributed by atoms with Gasteiger partial charge in [0.15, 0.2) is 12.4 Å². The summed E-state index contributed by atoms with van der Waals surface area (Å²) in [6, 6.07) is 5.82. The molecule has 1 aliphatic heterocycles. The van der Waals surface area contributed by atoms with Gasteiger partial charge in [-0.25, -0.2) is 9.59 Å². The van der Waals surface area contributed by atoms with Crippen LogP contribution in [-0.4, -0.2) is 48.8 Å². The Bertz CT molecular complexity index is 1100. The predicted molar refractivity (Wildman–Crippen MR) is 116 cm³/mol. The van der Waals surface area contributed by atoms with Gasteiger partial charge in [0.2, 0.25) is 5.76 Å². The van der Waals surface area contributed by atoms with Crippen LogP contribution in [0.3, 0.4) is 0 Å². The number of carbonyl (C=O) groups is 4. The summed E-state index contributed by atoms with van der Waals surface area (Å²) in [7, 11) is 2.43. The third-order valence-electron chi connectivity index (χ3n) is 4.12. The van der Waals surface area contributed by atoms with E-state index < -0.39 is 23.1 Å². The van der Waals surface area contributed by atoms with Gasteiger partial charge in [0.1, 0.15) is 5.76 Å². The fourth-order valence-electron chi connectivity index (χ4n) is 2.61. The number of hydrogen-bond acceptors (Lipinski definition) is 9. The van der Waals surface area contributed by atoms with Crippen LogP contribution >= 0.6 is 35.0 Å². The normalized spacial score (nSPS) is 14.8. The standard InChI is InChI=1S/C20H15Cl2NO8S/c1-28-16(24)9-30-17-12(21)5-10(6-13(17)22)7-15-18(25)23(20(27)32-15)8-11-3-4-14(31-11)19(26)29-2/h3-7H,8-9H2,1-2H3. The van der Waals surface area contributed by atoms with Gasteiger partial charge in [-0.05, 0) is 47.7 Å². The molecular formula is C20H15Cl2NO8S. The molecule has 0 spiro atoms. The van der Waals surface area contributed by atoms with E-state index in [-0.39, 0.29) is 45.4 Å². The van der Waals surface area contributed by atoms with Crippen molar-refractivity contribution in [1.29, 1.82) is 0 Å². The maximum Gasteiger partial charge on any atom is 0.373 e. The number of carbonyl (C=O) groups excluding carboxylic acids is 4. The number of ether oxygens (including phenoxy) is 3. The van der Waals surface area contributed by atoms with Crippen LogP contribution in [0, 0.1) is 0 Å². The highest BCUT2D eigenvalue weighted by atomic mass is 35.5. The molecule has 2 amide bonds. The fraction of sp³-hybridized carbons (Fsp3) is 0.200. The van der Waals surface area contributed by atoms with Crippen molar-refractivity contribution in [2.75, 3.05) is 20.8 Å². The minimum atomic E-state index is -0.668. The van der Waals surface area contributed by atoms with Gasteiger partial charge in [0, 0.05) is 0 Å². The van der Waals surface area contributed by atoms with Crippen LogP contribution in [0.15, 0.2) is 33.6 Å². The lowest BCUT2D eigenvalue weighted by Gasteiger charge is -2.10. The number of methoxy groups -OCH3 is 2. The van der Waals surface area contributed by atoms with Crippen molar-refractivity contribution in [3.63, 3.8) is 0 Å². The third kappa shape index (κ3) is 5.26. The maximum absolute atomic E-state index is 12.7. The summed E-state index contributed by atoms with van der Waals surface area (Å²) in [6.45, 7) is -0.528. The van der Waals surface area contributed by atoms with E-state index in [9.17, 15) is 19.2 Å². The van der Waals surface area contributed by atoms with Crippen LogP contribution in [0.25, 0.3) is 6.08 Å². The van der Waals surface area contributed by atoms with Gasteiger partial charge in [-0.1, -0.05) is 23.2 Å². The van der Waals surface area contributed by atoms with Crippen LogP contribution in [0.1, 0.15) is 21.9 Å². The molecule has 2 aromatic rings. The molecule has 168 valence electrons. The summed E-state index contributed by atoms with van der Waals surface area (Å²) < 4.78 is 19.6. The Morgan fingerprint density at radius 1 is 1.12 bits per heavy atom. The van der Waals surface area contributed by atoms with E-state index >= 15 is 0 Å². The third-order valence-corrected chi connectivity index (χ3v) is 5.59. The quantitative estimate of drug-likeness (QED) is 0.409. The lowest BCUT2D eigenvalue weighted by atomic mass is 10.2. The van der Waals surface area contributed by atoms with Gasteiger partial charge in [-0.2, -0.15) is 0 Å². The fourth-order valence-corrected chi connectivity index (χ4v) is 4.06. The highest BCUT2D eigenvalue weighted by Crippen LogP contribution is 2.38. The number of esters is 2. The molecule has 0 aliphatic carbocycles. The molecule has 0 atom stereocenters. The molecule has 1 aromatic heterocycles. The number of hydrogen-bond donors (Lipinski definition) is 0. The molecule has 0 unspecified atom stereocenters. The van der Waals surface area contributed by atoms with E-state index in [0.29, 0.717) is 5.56 Å². The van der Waals surface area contributed by atoms with E-state index in [1.54, 1.807) is 0 Å². The number of benzene rings is 1.